The van der Waals surface area contributed by atoms with Crippen LogP contribution in [0.5, 0.6) is 0 Å². The van der Waals surface area contributed by atoms with Crippen molar-refractivity contribution in [3.8, 4) is 0 Å². The highest BCUT2D eigenvalue weighted by Crippen LogP contribution is 2.40. The Labute approximate surface area is 343 Å². The Bertz CT molecular complexity index is 2570. The number of piperazine rings is 2. The van der Waals surface area contributed by atoms with Crippen LogP contribution in [0.15, 0.2) is 67.7 Å². The number of nitrogens with zero attached hydrogens (tertiary/aromatic N) is 14. The summed E-state index contributed by atoms with van der Waals surface area (Å²) in [7, 11) is 6.10. The first-order valence-corrected chi connectivity index (χ1v) is 19.8. The zero-order chi connectivity index (χ0) is 42.6. The molecule has 60 heavy (non-hydrogen) atoms. The van der Waals surface area contributed by atoms with Gasteiger partial charge in [0.25, 0.3) is 22.5 Å². The third-order valence-corrected chi connectivity index (χ3v) is 12.2. The van der Waals surface area contributed by atoms with E-state index in [-0.39, 0.29) is 29.6 Å². The maximum atomic E-state index is 13.9. The van der Waals surface area contributed by atoms with Crippen molar-refractivity contribution in [3.05, 3.63) is 110 Å². The fourth-order valence-corrected chi connectivity index (χ4v) is 8.76. The average Bonchev–Trinajstić information content (AvgIpc) is 3.84. The molecule has 6 heterocycles. The summed E-state index contributed by atoms with van der Waals surface area (Å²) in [5, 5.41) is 26.4. The van der Waals surface area contributed by atoms with Gasteiger partial charge in [0.1, 0.15) is 30.4 Å². The van der Waals surface area contributed by atoms with E-state index in [2.05, 4.69) is 14.7 Å². The van der Waals surface area contributed by atoms with Gasteiger partial charge in [-0.1, -0.05) is 12.1 Å². The van der Waals surface area contributed by atoms with Crippen LogP contribution < -0.4 is 52.1 Å². The molecule has 8 rings (SSSR count). The molecule has 4 aromatic rings. The minimum absolute atomic E-state index is 0.0437. The van der Waals surface area contributed by atoms with Crippen LogP contribution in [0, 0.1) is 20.2 Å². The second-order valence-corrected chi connectivity index (χ2v) is 15.5. The van der Waals surface area contributed by atoms with Crippen molar-refractivity contribution in [2.45, 2.75) is 0 Å². The molecule has 0 bridgehead atoms. The minimum Gasteiger partial charge on any atom is -0.369 e. The molecular formula is C38H48N14O8. The van der Waals surface area contributed by atoms with E-state index in [4.69, 9.17) is 0 Å². The number of para-hydroxylation sites is 2. The van der Waals surface area contributed by atoms with E-state index in [1.807, 2.05) is 24.7 Å². The second kappa shape index (κ2) is 15.8. The van der Waals surface area contributed by atoms with Crippen LogP contribution in [0.1, 0.15) is 0 Å². The van der Waals surface area contributed by atoms with Gasteiger partial charge in [-0.2, -0.15) is 0 Å². The molecule has 0 N–H and O–H groups in total. The van der Waals surface area contributed by atoms with Gasteiger partial charge in [-0.25, -0.2) is 19.6 Å². The van der Waals surface area contributed by atoms with Crippen LogP contribution in [-0.2, 0) is 28.2 Å². The zero-order valence-electron chi connectivity index (χ0n) is 34.0. The molecule has 0 radical (unpaired) electrons. The summed E-state index contributed by atoms with van der Waals surface area (Å²) in [6, 6.07) is 13.3. The highest BCUT2D eigenvalue weighted by molar-refractivity contribution is 5.80. The summed E-state index contributed by atoms with van der Waals surface area (Å²) < 4.78 is 5.02. The number of nitro groups is 2. The molecule has 0 amide bonds. The highest BCUT2D eigenvalue weighted by atomic mass is 16.6. The Kier molecular flexibility index (Phi) is 10.6. The predicted octanol–water partition coefficient (Wildman–Crippen LogP) is -0.275. The first-order chi connectivity index (χ1) is 28.7. The first-order valence-electron chi connectivity index (χ1n) is 19.8. The summed E-state index contributed by atoms with van der Waals surface area (Å²) in [5.74, 6) is 0.714. The van der Waals surface area contributed by atoms with Gasteiger partial charge in [0, 0.05) is 131 Å². The molecule has 0 spiro atoms. The normalized spacial score (nSPS) is 17.1. The molecule has 0 saturated carbocycles. The van der Waals surface area contributed by atoms with E-state index in [0.29, 0.717) is 94.1 Å². The SMILES string of the molecule is Cn1c2c(c(=O)n(C)c1=O)N(CCN1CCN(c3ccc([N+](=O)[O-])cc3)CC1)CN2N1CN(CCN2CCN(c3ccccc3[N+](=O)[O-])CC2)c2c1n(C)c(=O)n(C)c2=O. The molecule has 4 aliphatic rings. The number of rotatable bonds is 11. The number of benzene rings is 2. The smallest absolute Gasteiger partial charge is 0.332 e. The van der Waals surface area contributed by atoms with Gasteiger partial charge in [0.2, 0.25) is 0 Å². The van der Waals surface area contributed by atoms with Gasteiger partial charge in [-0.05, 0) is 18.2 Å². The van der Waals surface area contributed by atoms with E-state index in [1.54, 1.807) is 44.4 Å². The summed E-state index contributed by atoms with van der Waals surface area (Å²) in [6.07, 6.45) is 0. The average molecular weight is 829 g/mol. The molecule has 4 aliphatic heterocycles. The molecule has 22 nitrogen and oxygen atoms in total. The van der Waals surface area contributed by atoms with E-state index in [9.17, 15) is 39.4 Å². The molecule has 2 saturated heterocycles. The Morgan fingerprint density at radius 1 is 0.533 bits per heavy atom. The van der Waals surface area contributed by atoms with E-state index in [0.717, 1.165) is 27.9 Å². The van der Waals surface area contributed by atoms with Gasteiger partial charge >= 0.3 is 11.4 Å². The molecule has 0 atom stereocenters. The van der Waals surface area contributed by atoms with Crippen LogP contribution in [0.2, 0.25) is 0 Å². The Balaban J connectivity index is 1.01. The third kappa shape index (κ3) is 6.99. The molecule has 0 aliphatic carbocycles. The summed E-state index contributed by atoms with van der Waals surface area (Å²) in [6.45, 7) is 7.75. The van der Waals surface area contributed by atoms with Crippen LogP contribution in [-0.4, -0.2) is 130 Å². The predicted molar refractivity (Wildman–Crippen MR) is 227 cm³/mol. The van der Waals surface area contributed by atoms with Crippen molar-refractivity contribution in [1.82, 2.24) is 28.1 Å². The molecular weight excluding hydrogens is 781 g/mol. The molecule has 2 aromatic carbocycles. The molecule has 2 aromatic heterocycles. The topological polar surface area (TPSA) is 200 Å². The lowest BCUT2D eigenvalue weighted by Crippen LogP contribution is -2.52. The van der Waals surface area contributed by atoms with Crippen LogP contribution in [0.4, 0.5) is 45.8 Å². The number of anilines is 6. The van der Waals surface area contributed by atoms with Crippen molar-refractivity contribution in [1.29, 1.82) is 0 Å². The van der Waals surface area contributed by atoms with Crippen LogP contribution in [0.3, 0.4) is 0 Å². The lowest BCUT2D eigenvalue weighted by Gasteiger charge is -2.37. The summed E-state index contributed by atoms with van der Waals surface area (Å²) in [5.41, 5.74) is 0.346. The van der Waals surface area contributed by atoms with Crippen molar-refractivity contribution in [2.75, 3.05) is 121 Å². The van der Waals surface area contributed by atoms with Gasteiger partial charge in [0.15, 0.2) is 11.6 Å². The van der Waals surface area contributed by atoms with Crippen LogP contribution in [0.25, 0.3) is 0 Å². The van der Waals surface area contributed by atoms with Gasteiger partial charge in [-0.3, -0.25) is 57.9 Å². The monoisotopic (exact) mass is 828 g/mol. The summed E-state index contributed by atoms with van der Waals surface area (Å²) >= 11 is 0. The Morgan fingerprint density at radius 2 is 0.983 bits per heavy atom. The van der Waals surface area contributed by atoms with E-state index < -0.39 is 27.4 Å². The second-order valence-electron chi connectivity index (χ2n) is 15.5. The number of hydrazine groups is 1. The third-order valence-electron chi connectivity index (χ3n) is 12.2. The molecule has 2 fully saturated rings. The minimum atomic E-state index is -0.515. The number of aromatic nitrogens is 4. The fraction of sp³-hybridized carbons (Fsp3) is 0.474. The number of hydrogen-bond donors (Lipinski definition) is 0. The number of hydrogen-bond acceptors (Lipinski definition) is 16. The van der Waals surface area contributed by atoms with E-state index in [1.165, 1.54) is 41.4 Å². The Hall–Kier alpha value is -6.68. The van der Waals surface area contributed by atoms with E-state index >= 15 is 0 Å². The maximum Gasteiger partial charge on any atom is 0.332 e. The zero-order valence-corrected chi connectivity index (χ0v) is 34.0. The molecule has 22 heteroatoms. The van der Waals surface area contributed by atoms with Gasteiger partial charge in [-0.15, -0.1) is 0 Å². The van der Waals surface area contributed by atoms with Crippen molar-refractivity contribution in [3.63, 3.8) is 0 Å². The van der Waals surface area contributed by atoms with Gasteiger partial charge in [0.05, 0.1) is 9.85 Å². The van der Waals surface area contributed by atoms with Crippen LogP contribution >= 0.6 is 0 Å². The van der Waals surface area contributed by atoms with Crippen molar-refractivity contribution < 1.29 is 9.85 Å². The standard InChI is InChI=1S/C38H48N14O8/c1-39-33-31(35(53)41(3)37(39)55)47(23-17-43-13-19-45(20-14-43)27-9-11-28(12-10-27)51(57)58)25-49(33)50-26-48(32-34(50)40(2)38(56)42(4)36(32)54)24-18-44-15-21-46(22-16-44)29-7-5-6-8-30(29)52(59)60/h5-12H,13-26H2,1-4H3. The quantitative estimate of drug-likeness (QED) is 0.141. The molecule has 0 unspecified atom stereocenters. The number of nitro benzene ring substituents is 2. The van der Waals surface area contributed by atoms with Gasteiger partial charge < -0.3 is 19.6 Å². The fourth-order valence-electron chi connectivity index (χ4n) is 8.76. The number of non-ortho nitro benzene ring substituents is 1. The lowest BCUT2D eigenvalue weighted by atomic mass is 10.2. The van der Waals surface area contributed by atoms with Crippen molar-refractivity contribution in [2.24, 2.45) is 28.2 Å². The number of fused-ring (bicyclic) bond motifs is 2. The Morgan fingerprint density at radius 3 is 1.43 bits per heavy atom. The molecule has 318 valence electrons. The lowest BCUT2D eigenvalue weighted by molar-refractivity contribution is -0.384. The largest absolute Gasteiger partial charge is 0.369 e. The summed E-state index contributed by atoms with van der Waals surface area (Å²) in [4.78, 5) is 89.4. The van der Waals surface area contributed by atoms with Crippen molar-refractivity contribution >= 4 is 45.8 Å². The first kappa shape index (κ1) is 40.1. The highest BCUT2D eigenvalue weighted by Gasteiger charge is 2.43. The maximum absolute atomic E-state index is 13.9.